The number of nitrogens with one attached hydrogen (secondary N) is 1. The Hall–Kier alpha value is -3.72. The number of para-hydroxylation sites is 1. The van der Waals surface area contributed by atoms with E-state index in [1.54, 1.807) is 43.7 Å². The van der Waals surface area contributed by atoms with Crippen LogP contribution in [0.4, 0.5) is 10.7 Å². The van der Waals surface area contributed by atoms with E-state index in [0.717, 1.165) is 5.56 Å². The Morgan fingerprint density at radius 1 is 1.13 bits per heavy atom. The highest BCUT2D eigenvalue weighted by molar-refractivity contribution is 7.15. The number of carbonyl (C=O) groups excluding carboxylic acids is 2. The van der Waals surface area contributed by atoms with Gasteiger partial charge in [0.2, 0.25) is 5.91 Å². The fourth-order valence-electron chi connectivity index (χ4n) is 3.02. The number of ether oxygens (including phenoxy) is 2. The first kappa shape index (κ1) is 22.0. The van der Waals surface area contributed by atoms with Crippen LogP contribution in [0.1, 0.15) is 22.8 Å². The zero-order chi connectivity index (χ0) is 22.4. The van der Waals surface area contributed by atoms with E-state index in [-0.39, 0.29) is 29.8 Å². The van der Waals surface area contributed by atoms with Gasteiger partial charge in [-0.05, 0) is 24.6 Å². The topological polar surface area (TPSA) is 108 Å². The number of nitrogens with zero attached hydrogens (tertiary/aromatic N) is 1. The highest BCUT2D eigenvalue weighted by Crippen LogP contribution is 2.37. The molecule has 31 heavy (non-hydrogen) atoms. The highest BCUT2D eigenvalue weighted by atomic mass is 32.1. The molecule has 0 fully saturated rings. The van der Waals surface area contributed by atoms with Gasteiger partial charge in [0.1, 0.15) is 16.3 Å². The van der Waals surface area contributed by atoms with Gasteiger partial charge in [-0.25, -0.2) is 4.79 Å². The molecule has 0 radical (unpaired) electrons. The smallest absolute Gasteiger partial charge is 0.341 e. The molecule has 0 bridgehead atoms. The largest absolute Gasteiger partial charge is 0.497 e. The van der Waals surface area contributed by atoms with Gasteiger partial charge in [0.15, 0.2) is 0 Å². The number of nitro benzene ring substituents is 1. The number of nitro groups is 1. The third-order valence-corrected chi connectivity index (χ3v) is 5.36. The second-order valence-corrected chi connectivity index (χ2v) is 7.29. The summed E-state index contributed by atoms with van der Waals surface area (Å²) < 4.78 is 10.4. The zero-order valence-electron chi connectivity index (χ0n) is 16.9. The molecule has 160 valence electrons. The van der Waals surface area contributed by atoms with Crippen molar-refractivity contribution in [3.63, 3.8) is 0 Å². The van der Waals surface area contributed by atoms with Crippen LogP contribution in [0.25, 0.3) is 11.1 Å². The van der Waals surface area contributed by atoms with Crippen molar-refractivity contribution in [1.29, 1.82) is 0 Å². The van der Waals surface area contributed by atoms with Crippen LogP contribution in [0, 0.1) is 10.1 Å². The summed E-state index contributed by atoms with van der Waals surface area (Å²) in [6, 6.07) is 13.2. The number of thiophene rings is 1. The molecule has 1 N–H and O–H groups in total. The molecular formula is C22H20N2O6S. The van der Waals surface area contributed by atoms with E-state index in [0.29, 0.717) is 16.3 Å². The molecule has 1 heterocycles. The molecule has 9 heteroatoms. The second-order valence-electron chi connectivity index (χ2n) is 6.41. The number of carbonyl (C=O) groups is 2. The van der Waals surface area contributed by atoms with Crippen molar-refractivity contribution < 1.29 is 24.0 Å². The summed E-state index contributed by atoms with van der Waals surface area (Å²) in [6.07, 6.45) is -0.199. The minimum Gasteiger partial charge on any atom is -0.497 e. The molecule has 0 aliphatic carbocycles. The Morgan fingerprint density at radius 3 is 2.48 bits per heavy atom. The molecule has 0 aliphatic rings. The van der Waals surface area contributed by atoms with E-state index >= 15 is 0 Å². The van der Waals surface area contributed by atoms with Crippen LogP contribution >= 0.6 is 11.3 Å². The molecule has 0 saturated carbocycles. The standard InChI is InChI=1S/C22H20N2O6S/c1-3-30-22(26)20-17(14-8-10-16(29-2)11-9-14)13-31-21(20)23-19(25)12-15-6-4-5-7-18(15)24(27)28/h4-11,13H,3,12H2,1-2H3,(H,23,25). The van der Waals surface area contributed by atoms with Crippen LogP contribution in [0.2, 0.25) is 0 Å². The summed E-state index contributed by atoms with van der Waals surface area (Å²) in [6.45, 7) is 1.88. The number of anilines is 1. The summed E-state index contributed by atoms with van der Waals surface area (Å²) >= 11 is 1.19. The molecule has 0 unspecified atom stereocenters. The highest BCUT2D eigenvalue weighted by Gasteiger charge is 2.24. The van der Waals surface area contributed by atoms with Crippen LogP contribution in [0.5, 0.6) is 5.75 Å². The summed E-state index contributed by atoms with van der Waals surface area (Å²) in [4.78, 5) is 35.9. The fourth-order valence-corrected chi connectivity index (χ4v) is 3.99. The van der Waals surface area contributed by atoms with Crippen LogP contribution < -0.4 is 10.1 Å². The normalized spacial score (nSPS) is 10.4. The predicted octanol–water partition coefficient (Wildman–Crippen LogP) is 4.69. The second kappa shape index (κ2) is 9.86. The molecule has 0 saturated heterocycles. The first-order valence-electron chi connectivity index (χ1n) is 9.39. The number of hydrogen-bond donors (Lipinski definition) is 1. The van der Waals surface area contributed by atoms with E-state index < -0.39 is 16.8 Å². The van der Waals surface area contributed by atoms with Gasteiger partial charge in [-0.15, -0.1) is 11.3 Å². The summed E-state index contributed by atoms with van der Waals surface area (Å²) in [7, 11) is 1.56. The monoisotopic (exact) mass is 440 g/mol. The van der Waals surface area contributed by atoms with Gasteiger partial charge < -0.3 is 14.8 Å². The lowest BCUT2D eigenvalue weighted by molar-refractivity contribution is -0.385. The number of hydrogen-bond acceptors (Lipinski definition) is 7. The van der Waals surface area contributed by atoms with Gasteiger partial charge >= 0.3 is 5.97 Å². The van der Waals surface area contributed by atoms with Crippen LogP contribution in [-0.2, 0) is 16.0 Å². The Labute approximate surface area is 182 Å². The van der Waals surface area contributed by atoms with E-state index in [1.165, 1.54) is 23.5 Å². The van der Waals surface area contributed by atoms with Gasteiger partial charge in [-0.3, -0.25) is 14.9 Å². The van der Waals surface area contributed by atoms with Gasteiger partial charge in [-0.2, -0.15) is 0 Å². The van der Waals surface area contributed by atoms with Crippen molar-refractivity contribution in [3.05, 3.63) is 75.2 Å². The van der Waals surface area contributed by atoms with Gasteiger partial charge in [0.05, 0.1) is 25.1 Å². The maximum Gasteiger partial charge on any atom is 0.341 e. The van der Waals surface area contributed by atoms with E-state index in [1.807, 2.05) is 12.1 Å². The first-order valence-corrected chi connectivity index (χ1v) is 10.3. The SMILES string of the molecule is CCOC(=O)c1c(-c2ccc(OC)cc2)csc1NC(=O)Cc1ccccc1[N+](=O)[O-]. The number of benzene rings is 2. The lowest BCUT2D eigenvalue weighted by Gasteiger charge is -2.09. The van der Waals surface area contributed by atoms with Gasteiger partial charge in [0, 0.05) is 22.6 Å². The molecule has 3 rings (SSSR count). The Balaban J connectivity index is 1.90. The molecule has 8 nitrogen and oxygen atoms in total. The van der Waals surface area contributed by atoms with E-state index in [2.05, 4.69) is 5.32 Å². The fraction of sp³-hybridized carbons (Fsp3) is 0.182. The summed E-state index contributed by atoms with van der Waals surface area (Å²) in [5, 5.41) is 16.0. The molecule has 1 amide bonds. The van der Waals surface area contributed by atoms with Crippen molar-refractivity contribution in [2.45, 2.75) is 13.3 Å². The van der Waals surface area contributed by atoms with Gasteiger partial charge in [0.25, 0.3) is 5.69 Å². The third-order valence-electron chi connectivity index (χ3n) is 4.46. The third kappa shape index (κ3) is 5.07. The molecule has 3 aromatic rings. The molecule has 0 aliphatic heterocycles. The average molecular weight is 440 g/mol. The quantitative estimate of drug-likeness (QED) is 0.309. The minimum absolute atomic E-state index is 0.131. The predicted molar refractivity (Wildman–Crippen MR) is 118 cm³/mol. The van der Waals surface area contributed by atoms with Crippen molar-refractivity contribution in [2.24, 2.45) is 0 Å². The Morgan fingerprint density at radius 2 is 1.84 bits per heavy atom. The molecule has 0 atom stereocenters. The molecular weight excluding hydrogens is 420 g/mol. The maximum absolute atomic E-state index is 12.6. The van der Waals surface area contributed by atoms with Crippen molar-refractivity contribution in [1.82, 2.24) is 0 Å². The molecule has 1 aromatic heterocycles. The number of amides is 1. The minimum atomic E-state index is -0.560. The summed E-state index contributed by atoms with van der Waals surface area (Å²) in [5.41, 5.74) is 1.78. The van der Waals surface area contributed by atoms with Crippen molar-refractivity contribution in [3.8, 4) is 16.9 Å². The zero-order valence-corrected chi connectivity index (χ0v) is 17.7. The van der Waals surface area contributed by atoms with Crippen molar-refractivity contribution >= 4 is 33.9 Å². The van der Waals surface area contributed by atoms with Crippen LogP contribution in [-0.4, -0.2) is 30.5 Å². The summed E-state index contributed by atoms with van der Waals surface area (Å²) in [5.74, 6) is -0.354. The molecule has 2 aromatic carbocycles. The Bertz CT molecular complexity index is 1110. The molecule has 0 spiro atoms. The average Bonchev–Trinajstić information content (AvgIpc) is 3.17. The number of esters is 1. The lowest BCUT2D eigenvalue weighted by atomic mass is 10.0. The number of rotatable bonds is 8. The van der Waals surface area contributed by atoms with E-state index in [4.69, 9.17) is 9.47 Å². The van der Waals surface area contributed by atoms with E-state index in [9.17, 15) is 19.7 Å². The van der Waals surface area contributed by atoms with Gasteiger partial charge in [-0.1, -0.05) is 30.3 Å². The number of methoxy groups -OCH3 is 1. The van der Waals surface area contributed by atoms with Crippen LogP contribution in [0.3, 0.4) is 0 Å². The Kier molecular flexibility index (Phi) is 6.99. The van der Waals surface area contributed by atoms with Crippen molar-refractivity contribution in [2.75, 3.05) is 19.0 Å². The first-order chi connectivity index (χ1) is 14.9. The maximum atomic E-state index is 12.6. The lowest BCUT2D eigenvalue weighted by Crippen LogP contribution is -2.17. The van der Waals surface area contributed by atoms with Crippen LogP contribution in [0.15, 0.2) is 53.9 Å².